The second kappa shape index (κ2) is 7.23. The lowest BCUT2D eigenvalue weighted by Gasteiger charge is -2.38. The Hall–Kier alpha value is -2.67. The zero-order valence-electron chi connectivity index (χ0n) is 17.0. The van der Waals surface area contributed by atoms with Gasteiger partial charge in [-0.15, -0.1) is 4.40 Å². The number of para-hydroxylation sites is 1. The predicted octanol–water partition coefficient (Wildman–Crippen LogP) is 3.14. The maximum absolute atomic E-state index is 13.5. The number of nitrogens with zero attached hydrogens (tertiary/aromatic N) is 3. The second-order valence-corrected chi connectivity index (χ2v) is 9.92. The van der Waals surface area contributed by atoms with E-state index in [0.717, 1.165) is 43.5 Å². The van der Waals surface area contributed by atoms with Gasteiger partial charge in [-0.05, 0) is 55.9 Å². The summed E-state index contributed by atoms with van der Waals surface area (Å²) >= 11 is 0. The largest absolute Gasteiger partial charge is 0.355 e. The Morgan fingerprint density at radius 3 is 2.77 bits per heavy atom. The molecule has 0 saturated carbocycles. The molecule has 3 heterocycles. The molecule has 1 saturated heterocycles. The molecular formula is C23H25N3O3S. The van der Waals surface area contributed by atoms with Crippen molar-refractivity contribution in [2.75, 3.05) is 24.5 Å². The van der Waals surface area contributed by atoms with Gasteiger partial charge in [0, 0.05) is 30.9 Å². The zero-order chi connectivity index (χ0) is 20.9. The number of hydrogen-bond acceptors (Lipinski definition) is 4. The lowest BCUT2D eigenvalue weighted by Crippen LogP contribution is -2.48. The first-order valence-corrected chi connectivity index (χ1v) is 12.0. The Bertz CT molecular complexity index is 1160. The van der Waals surface area contributed by atoms with Crippen molar-refractivity contribution in [3.8, 4) is 0 Å². The van der Waals surface area contributed by atoms with Crippen LogP contribution in [0.1, 0.15) is 36.0 Å². The number of sulfonamides is 1. The highest BCUT2D eigenvalue weighted by Gasteiger charge is 2.37. The second-order valence-electron chi connectivity index (χ2n) is 8.35. The van der Waals surface area contributed by atoms with Gasteiger partial charge in [0.1, 0.15) is 4.90 Å². The van der Waals surface area contributed by atoms with E-state index in [1.54, 1.807) is 18.2 Å². The van der Waals surface area contributed by atoms with E-state index in [-0.39, 0.29) is 16.7 Å². The molecule has 2 aromatic rings. The van der Waals surface area contributed by atoms with E-state index in [1.807, 2.05) is 15.9 Å². The molecule has 0 bridgehead atoms. The zero-order valence-corrected chi connectivity index (χ0v) is 17.9. The third kappa shape index (κ3) is 3.12. The van der Waals surface area contributed by atoms with Gasteiger partial charge in [0.25, 0.3) is 10.0 Å². The van der Waals surface area contributed by atoms with Gasteiger partial charge in [-0.2, -0.15) is 8.42 Å². The van der Waals surface area contributed by atoms with Crippen molar-refractivity contribution in [1.29, 1.82) is 0 Å². The number of benzene rings is 2. The molecule has 0 unspecified atom stereocenters. The summed E-state index contributed by atoms with van der Waals surface area (Å²) in [5.41, 5.74) is 4.08. The van der Waals surface area contributed by atoms with E-state index in [1.165, 1.54) is 5.56 Å². The minimum Gasteiger partial charge on any atom is -0.355 e. The predicted molar refractivity (Wildman–Crippen MR) is 116 cm³/mol. The molecule has 3 aliphatic rings. The van der Waals surface area contributed by atoms with Crippen LogP contribution in [0.5, 0.6) is 0 Å². The van der Waals surface area contributed by atoms with Gasteiger partial charge in [-0.1, -0.05) is 30.3 Å². The molecule has 6 nitrogen and oxygen atoms in total. The molecule has 30 heavy (non-hydrogen) atoms. The molecule has 0 aromatic heterocycles. The average Bonchev–Trinajstić information content (AvgIpc) is 3.04. The van der Waals surface area contributed by atoms with Crippen molar-refractivity contribution in [3.05, 3.63) is 59.2 Å². The molecule has 1 fully saturated rings. The maximum Gasteiger partial charge on any atom is 0.285 e. The number of aryl methyl sites for hydroxylation is 2. The van der Waals surface area contributed by atoms with Crippen molar-refractivity contribution in [3.63, 3.8) is 0 Å². The molecule has 3 aliphatic heterocycles. The number of carbonyl (C=O) groups is 1. The molecule has 0 N–H and O–H groups in total. The first kappa shape index (κ1) is 19.3. The lowest BCUT2D eigenvalue weighted by molar-refractivity contribution is -0.123. The monoisotopic (exact) mass is 423 g/mol. The van der Waals surface area contributed by atoms with Gasteiger partial charge < -0.3 is 9.80 Å². The minimum atomic E-state index is -3.66. The van der Waals surface area contributed by atoms with E-state index in [0.29, 0.717) is 24.5 Å². The number of carbonyl (C=O) groups excluding carboxylic acids is 1. The van der Waals surface area contributed by atoms with Crippen LogP contribution in [0.3, 0.4) is 0 Å². The number of anilines is 1. The number of amides is 1. The molecule has 156 valence electrons. The Balaban J connectivity index is 1.42. The van der Waals surface area contributed by atoms with Crippen molar-refractivity contribution in [2.45, 2.75) is 37.5 Å². The molecule has 2 aromatic carbocycles. The molecule has 1 amide bonds. The van der Waals surface area contributed by atoms with Crippen molar-refractivity contribution < 1.29 is 13.2 Å². The van der Waals surface area contributed by atoms with Crippen LogP contribution < -0.4 is 4.90 Å². The lowest BCUT2D eigenvalue weighted by atomic mass is 9.92. The van der Waals surface area contributed by atoms with Crippen LogP contribution >= 0.6 is 0 Å². The topological polar surface area (TPSA) is 70.1 Å². The Labute approximate surface area is 177 Å². The van der Waals surface area contributed by atoms with Crippen LogP contribution in [0.2, 0.25) is 0 Å². The molecule has 5 rings (SSSR count). The molecule has 1 atom stereocenters. The highest BCUT2D eigenvalue weighted by molar-refractivity contribution is 7.90. The van der Waals surface area contributed by atoms with Gasteiger partial charge in [-0.25, -0.2) is 0 Å². The molecule has 0 spiro atoms. The van der Waals surface area contributed by atoms with Crippen molar-refractivity contribution >= 4 is 27.5 Å². The fourth-order valence-electron chi connectivity index (χ4n) is 4.98. The summed E-state index contributed by atoms with van der Waals surface area (Å²) in [7, 11) is -3.66. The van der Waals surface area contributed by atoms with Crippen LogP contribution in [-0.2, 0) is 21.2 Å². The Kier molecular flexibility index (Phi) is 4.65. The molecular weight excluding hydrogens is 398 g/mol. The third-order valence-corrected chi connectivity index (χ3v) is 7.69. The highest BCUT2D eigenvalue weighted by Crippen LogP contribution is 2.34. The summed E-state index contributed by atoms with van der Waals surface area (Å²) < 4.78 is 29.0. The SMILES string of the molecule is Cc1cccc2c1N(C(=O)[C@H]1CCCN(C3=NS(=O)(=O)c4ccccc43)C1)CCC2. The van der Waals surface area contributed by atoms with Gasteiger partial charge in [0.15, 0.2) is 5.84 Å². The Morgan fingerprint density at radius 1 is 1.07 bits per heavy atom. The summed E-state index contributed by atoms with van der Waals surface area (Å²) in [5, 5.41) is 0. The van der Waals surface area contributed by atoms with E-state index in [2.05, 4.69) is 29.5 Å². The quantitative estimate of drug-likeness (QED) is 0.707. The van der Waals surface area contributed by atoms with Crippen LogP contribution in [-0.4, -0.2) is 44.7 Å². The highest BCUT2D eigenvalue weighted by atomic mass is 32.2. The van der Waals surface area contributed by atoms with Crippen LogP contribution in [0.25, 0.3) is 0 Å². The number of rotatable bonds is 1. The molecule has 0 aliphatic carbocycles. The number of hydrogen-bond donors (Lipinski definition) is 0. The fraction of sp³-hybridized carbons (Fsp3) is 0.391. The minimum absolute atomic E-state index is 0.143. The summed E-state index contributed by atoms with van der Waals surface area (Å²) in [6, 6.07) is 13.2. The summed E-state index contributed by atoms with van der Waals surface area (Å²) in [5.74, 6) is 0.463. The summed E-state index contributed by atoms with van der Waals surface area (Å²) in [6.45, 7) is 4.01. The van der Waals surface area contributed by atoms with Crippen molar-refractivity contribution in [2.24, 2.45) is 10.3 Å². The average molecular weight is 424 g/mol. The van der Waals surface area contributed by atoms with E-state index in [4.69, 9.17) is 0 Å². The first-order valence-electron chi connectivity index (χ1n) is 10.5. The van der Waals surface area contributed by atoms with Crippen molar-refractivity contribution in [1.82, 2.24) is 4.90 Å². The van der Waals surface area contributed by atoms with Gasteiger partial charge in [-0.3, -0.25) is 4.79 Å². The van der Waals surface area contributed by atoms with E-state index < -0.39 is 10.0 Å². The fourth-order valence-corrected chi connectivity index (χ4v) is 6.20. The molecule has 0 radical (unpaired) electrons. The number of amidine groups is 1. The summed E-state index contributed by atoms with van der Waals surface area (Å²) in [4.78, 5) is 17.7. The summed E-state index contributed by atoms with van der Waals surface area (Å²) in [6.07, 6.45) is 3.63. The maximum atomic E-state index is 13.5. The number of fused-ring (bicyclic) bond motifs is 2. The van der Waals surface area contributed by atoms with Crippen LogP contribution in [0.4, 0.5) is 5.69 Å². The van der Waals surface area contributed by atoms with Gasteiger partial charge in [0.2, 0.25) is 5.91 Å². The smallest absolute Gasteiger partial charge is 0.285 e. The van der Waals surface area contributed by atoms with Crippen LogP contribution in [0.15, 0.2) is 51.8 Å². The first-order chi connectivity index (χ1) is 14.5. The third-order valence-electron chi connectivity index (χ3n) is 6.37. The Morgan fingerprint density at radius 2 is 1.90 bits per heavy atom. The van der Waals surface area contributed by atoms with Gasteiger partial charge >= 0.3 is 0 Å². The number of likely N-dealkylation sites (tertiary alicyclic amines) is 1. The normalized spacial score (nSPS) is 22.3. The van der Waals surface area contributed by atoms with Gasteiger partial charge in [0.05, 0.1) is 5.92 Å². The molecule has 7 heteroatoms. The van der Waals surface area contributed by atoms with Crippen LogP contribution in [0, 0.1) is 12.8 Å². The van der Waals surface area contributed by atoms with E-state index in [9.17, 15) is 13.2 Å². The number of piperidine rings is 1. The van der Waals surface area contributed by atoms with E-state index >= 15 is 0 Å². The standard InChI is InChI=1S/C23H25N3O3S/c1-16-7-4-8-17-9-6-14-26(21(16)17)23(27)18-10-5-13-25(15-18)22-19-11-2-3-12-20(19)30(28,29)24-22/h2-4,7-8,11-12,18H,5-6,9-10,13-15H2,1H3/t18-/m0/s1.